The van der Waals surface area contributed by atoms with Crippen LogP contribution < -0.4 is 14.8 Å². The van der Waals surface area contributed by atoms with Crippen LogP contribution in [0.15, 0.2) is 48.5 Å². The van der Waals surface area contributed by atoms with E-state index in [0.717, 1.165) is 25.7 Å². The number of benzene rings is 2. The van der Waals surface area contributed by atoms with Gasteiger partial charge in [-0.3, -0.25) is 0 Å². The maximum absolute atomic E-state index is 12.8. The maximum atomic E-state index is 12.8. The van der Waals surface area contributed by atoms with Gasteiger partial charge in [-0.15, -0.1) is 13.2 Å². The number of nitrogens with one attached hydrogen (secondary N) is 1. The van der Waals surface area contributed by atoms with E-state index in [1.165, 1.54) is 24.8 Å². The van der Waals surface area contributed by atoms with Crippen molar-refractivity contribution in [2.24, 2.45) is 0 Å². The minimum atomic E-state index is -4.73. The van der Waals surface area contributed by atoms with Crippen LogP contribution in [0.25, 0.3) is 0 Å². The minimum Gasteiger partial charge on any atom is -0.496 e. The Hall–Kier alpha value is -2.25. The van der Waals surface area contributed by atoms with Crippen molar-refractivity contribution < 1.29 is 27.4 Å². The molecule has 3 aliphatic heterocycles. The van der Waals surface area contributed by atoms with Gasteiger partial charge in [0.15, 0.2) is 0 Å². The predicted molar refractivity (Wildman–Crippen MR) is 109 cm³/mol. The zero-order chi connectivity index (χ0) is 21.7. The summed E-state index contributed by atoms with van der Waals surface area (Å²) in [6, 6.07) is 15.2. The molecule has 0 aliphatic carbocycles. The number of hydrogen-bond donors (Lipinski definition) is 1. The highest BCUT2D eigenvalue weighted by molar-refractivity contribution is 5.44. The van der Waals surface area contributed by atoms with Gasteiger partial charge >= 0.3 is 6.36 Å². The third kappa shape index (κ3) is 3.48. The summed E-state index contributed by atoms with van der Waals surface area (Å²) in [7, 11) is 1.53. The predicted octanol–water partition coefficient (Wildman–Crippen LogP) is 5.28. The molecule has 3 aliphatic rings. The van der Waals surface area contributed by atoms with Crippen molar-refractivity contribution in [2.75, 3.05) is 13.7 Å². The summed E-state index contributed by atoms with van der Waals surface area (Å²) in [6.07, 6.45) is 0.0364. The SMILES string of the molecule is COc1ccc(OC(F)(F)F)cc1C1COC2(CCC3CCC2(c2ccccc2)N3)C1. The summed E-state index contributed by atoms with van der Waals surface area (Å²) in [6.45, 7) is 0.437. The Morgan fingerprint density at radius 2 is 1.84 bits per heavy atom. The van der Waals surface area contributed by atoms with Gasteiger partial charge in [-0.25, -0.2) is 0 Å². The van der Waals surface area contributed by atoms with Gasteiger partial charge in [0.05, 0.1) is 24.9 Å². The van der Waals surface area contributed by atoms with Crippen molar-refractivity contribution in [3.8, 4) is 11.5 Å². The molecule has 3 saturated heterocycles. The summed E-state index contributed by atoms with van der Waals surface area (Å²) in [5.74, 6) is 0.248. The van der Waals surface area contributed by atoms with E-state index in [0.29, 0.717) is 30.4 Å². The number of hydrogen-bond acceptors (Lipinski definition) is 4. The summed E-state index contributed by atoms with van der Waals surface area (Å²) in [5.41, 5.74) is 1.24. The number of alkyl halides is 3. The van der Waals surface area contributed by atoms with Crippen LogP contribution in [0.3, 0.4) is 0 Å². The Morgan fingerprint density at radius 1 is 1.06 bits per heavy atom. The molecule has 4 atom stereocenters. The zero-order valence-electron chi connectivity index (χ0n) is 17.4. The molecule has 0 saturated carbocycles. The number of piperidine rings is 1. The molecule has 0 aromatic heterocycles. The van der Waals surface area contributed by atoms with Gasteiger partial charge in [0.25, 0.3) is 0 Å². The van der Waals surface area contributed by atoms with Crippen molar-refractivity contribution in [1.82, 2.24) is 5.32 Å². The van der Waals surface area contributed by atoms with Gasteiger partial charge in [-0.05, 0) is 55.9 Å². The molecule has 1 spiro atoms. The molecule has 166 valence electrons. The molecule has 0 amide bonds. The van der Waals surface area contributed by atoms with E-state index >= 15 is 0 Å². The molecule has 3 fully saturated rings. The second-order valence-electron chi connectivity index (χ2n) is 8.85. The lowest BCUT2D eigenvalue weighted by molar-refractivity contribution is -0.274. The Kier molecular flexibility index (Phi) is 4.94. The first-order valence-electron chi connectivity index (χ1n) is 10.8. The van der Waals surface area contributed by atoms with E-state index in [1.807, 2.05) is 6.07 Å². The van der Waals surface area contributed by atoms with E-state index in [2.05, 4.69) is 34.3 Å². The minimum absolute atomic E-state index is 0.0775. The summed E-state index contributed by atoms with van der Waals surface area (Å²) in [4.78, 5) is 0. The van der Waals surface area contributed by atoms with E-state index in [4.69, 9.17) is 9.47 Å². The average molecular weight is 433 g/mol. The Balaban J connectivity index is 1.50. The maximum Gasteiger partial charge on any atom is 0.573 e. The fourth-order valence-corrected chi connectivity index (χ4v) is 5.97. The van der Waals surface area contributed by atoms with E-state index in [1.54, 1.807) is 6.07 Å². The highest BCUT2D eigenvalue weighted by Gasteiger charge is 2.62. The molecule has 3 heterocycles. The van der Waals surface area contributed by atoms with Gasteiger partial charge in [-0.1, -0.05) is 30.3 Å². The van der Waals surface area contributed by atoms with Gasteiger partial charge < -0.3 is 19.5 Å². The van der Waals surface area contributed by atoms with Crippen LogP contribution in [-0.4, -0.2) is 31.7 Å². The quantitative estimate of drug-likeness (QED) is 0.713. The lowest BCUT2D eigenvalue weighted by atomic mass is 9.67. The van der Waals surface area contributed by atoms with Gasteiger partial charge in [-0.2, -0.15) is 0 Å². The number of ether oxygens (including phenoxy) is 3. The largest absolute Gasteiger partial charge is 0.573 e. The van der Waals surface area contributed by atoms with Gasteiger partial charge in [0.1, 0.15) is 11.5 Å². The zero-order valence-corrected chi connectivity index (χ0v) is 17.4. The van der Waals surface area contributed by atoms with Crippen LogP contribution in [-0.2, 0) is 10.3 Å². The molecule has 5 rings (SSSR count). The molecular formula is C24H26F3NO3. The fraction of sp³-hybridized carbons (Fsp3) is 0.500. The third-order valence-electron chi connectivity index (χ3n) is 7.27. The number of rotatable bonds is 4. The molecule has 31 heavy (non-hydrogen) atoms. The Morgan fingerprint density at radius 3 is 2.58 bits per heavy atom. The third-order valence-corrected chi connectivity index (χ3v) is 7.27. The van der Waals surface area contributed by atoms with Crippen LogP contribution in [0.2, 0.25) is 0 Å². The highest BCUT2D eigenvalue weighted by Crippen LogP contribution is 2.58. The lowest BCUT2D eigenvalue weighted by Crippen LogP contribution is -2.61. The van der Waals surface area contributed by atoms with Gasteiger partial charge in [0.2, 0.25) is 0 Å². The standard InChI is InChI=1S/C24H26F3NO3/c1-29-21-8-7-19(31-24(25,26)27)13-20(21)16-14-22(30-15-16)11-9-18-10-12-23(22,28-18)17-5-3-2-4-6-17/h2-8,13,16,18,28H,9-12,14-15H2,1H3. The summed E-state index contributed by atoms with van der Waals surface area (Å²) < 4.78 is 54.6. The average Bonchev–Trinajstić information content (AvgIpc) is 3.34. The smallest absolute Gasteiger partial charge is 0.496 e. The summed E-state index contributed by atoms with van der Waals surface area (Å²) >= 11 is 0. The van der Waals surface area contributed by atoms with E-state index in [9.17, 15) is 13.2 Å². The molecule has 7 heteroatoms. The van der Waals surface area contributed by atoms with Crippen LogP contribution in [0.5, 0.6) is 11.5 Å². The number of halogens is 3. The Labute approximate surface area is 179 Å². The van der Waals surface area contributed by atoms with Crippen molar-refractivity contribution in [3.63, 3.8) is 0 Å². The molecule has 2 aromatic rings. The van der Waals surface area contributed by atoms with Crippen molar-refractivity contribution in [3.05, 3.63) is 59.7 Å². The first-order valence-corrected chi connectivity index (χ1v) is 10.8. The molecule has 4 nitrogen and oxygen atoms in total. The monoisotopic (exact) mass is 433 g/mol. The second kappa shape index (κ2) is 7.41. The first-order chi connectivity index (χ1) is 14.8. The molecule has 2 aromatic carbocycles. The highest BCUT2D eigenvalue weighted by atomic mass is 19.4. The Bertz CT molecular complexity index is 951. The normalized spacial score (nSPS) is 32.4. The molecular weight excluding hydrogens is 407 g/mol. The van der Waals surface area contributed by atoms with E-state index in [-0.39, 0.29) is 17.2 Å². The number of methoxy groups -OCH3 is 1. The topological polar surface area (TPSA) is 39.7 Å². The van der Waals surface area contributed by atoms with Crippen molar-refractivity contribution >= 4 is 0 Å². The van der Waals surface area contributed by atoms with E-state index < -0.39 is 12.0 Å². The van der Waals surface area contributed by atoms with Crippen molar-refractivity contribution in [1.29, 1.82) is 0 Å². The van der Waals surface area contributed by atoms with Crippen molar-refractivity contribution in [2.45, 2.75) is 61.6 Å². The lowest BCUT2D eigenvalue weighted by Gasteiger charge is -2.50. The molecule has 4 unspecified atom stereocenters. The van der Waals surface area contributed by atoms with Crippen LogP contribution in [0.1, 0.15) is 49.1 Å². The summed E-state index contributed by atoms with van der Waals surface area (Å²) in [5, 5.41) is 3.87. The van der Waals surface area contributed by atoms with Crippen LogP contribution >= 0.6 is 0 Å². The first kappa shape index (κ1) is 20.6. The molecule has 1 N–H and O–H groups in total. The van der Waals surface area contributed by atoms with Crippen LogP contribution in [0, 0.1) is 0 Å². The van der Waals surface area contributed by atoms with Gasteiger partial charge in [0, 0.05) is 17.5 Å². The number of fused-ring (bicyclic) bond motifs is 3. The molecule has 0 radical (unpaired) electrons. The van der Waals surface area contributed by atoms with Crippen LogP contribution in [0.4, 0.5) is 13.2 Å². The molecule has 2 bridgehead atoms. The second-order valence-corrected chi connectivity index (χ2v) is 8.85. The fourth-order valence-electron chi connectivity index (χ4n) is 5.97.